The third-order valence-electron chi connectivity index (χ3n) is 2.47. The number of hydrogen-bond acceptors (Lipinski definition) is 2. The van der Waals surface area contributed by atoms with Crippen molar-refractivity contribution in [2.75, 3.05) is 11.1 Å². The maximum atomic E-state index is 11.6. The van der Waals surface area contributed by atoms with Crippen LogP contribution < -0.4 is 11.1 Å². The Kier molecular flexibility index (Phi) is 4.35. The summed E-state index contributed by atoms with van der Waals surface area (Å²) in [7, 11) is 0. The number of anilines is 2. The third-order valence-corrected chi connectivity index (χ3v) is 2.47. The van der Waals surface area contributed by atoms with Crippen LogP contribution in [0.3, 0.4) is 0 Å². The minimum Gasteiger partial charge on any atom is -0.399 e. The molecule has 1 rings (SSSR count). The van der Waals surface area contributed by atoms with E-state index in [2.05, 4.69) is 19.2 Å². The summed E-state index contributed by atoms with van der Waals surface area (Å²) in [5.41, 5.74) is 8.21. The van der Waals surface area contributed by atoms with E-state index in [0.717, 1.165) is 23.4 Å². The van der Waals surface area contributed by atoms with E-state index in [-0.39, 0.29) is 5.91 Å². The number of nitrogens with two attached hydrogens (primary N) is 1. The molecule has 0 saturated carbocycles. The fraction of sp³-hybridized carbons (Fsp3) is 0.462. The molecule has 0 saturated heterocycles. The number of aryl methyl sites for hydroxylation is 1. The van der Waals surface area contributed by atoms with E-state index in [9.17, 15) is 4.79 Å². The van der Waals surface area contributed by atoms with Gasteiger partial charge in [-0.1, -0.05) is 13.8 Å². The molecule has 16 heavy (non-hydrogen) atoms. The van der Waals surface area contributed by atoms with Gasteiger partial charge in [-0.3, -0.25) is 4.79 Å². The fourth-order valence-corrected chi connectivity index (χ4v) is 1.46. The Morgan fingerprint density at radius 2 is 2.12 bits per heavy atom. The fourth-order valence-electron chi connectivity index (χ4n) is 1.46. The molecular weight excluding hydrogens is 200 g/mol. The van der Waals surface area contributed by atoms with Gasteiger partial charge in [0.05, 0.1) is 0 Å². The van der Waals surface area contributed by atoms with Gasteiger partial charge in [-0.2, -0.15) is 0 Å². The molecule has 0 radical (unpaired) electrons. The van der Waals surface area contributed by atoms with Crippen molar-refractivity contribution in [1.82, 2.24) is 0 Å². The van der Waals surface area contributed by atoms with Crippen LogP contribution in [-0.2, 0) is 4.79 Å². The Morgan fingerprint density at radius 3 is 2.69 bits per heavy atom. The monoisotopic (exact) mass is 220 g/mol. The standard InChI is InChI=1S/C13H20N2O/c1-9(2)4-7-13(16)15-12-6-5-11(14)8-10(12)3/h5-6,8-9H,4,7,14H2,1-3H3,(H,15,16). The SMILES string of the molecule is Cc1cc(N)ccc1NC(=O)CCC(C)C. The van der Waals surface area contributed by atoms with Crippen LogP contribution in [0.1, 0.15) is 32.3 Å². The van der Waals surface area contributed by atoms with Gasteiger partial charge in [0.25, 0.3) is 0 Å². The van der Waals surface area contributed by atoms with Crippen LogP contribution in [0, 0.1) is 12.8 Å². The first-order valence-electron chi connectivity index (χ1n) is 5.65. The van der Waals surface area contributed by atoms with Crippen molar-refractivity contribution < 1.29 is 4.79 Å². The Hall–Kier alpha value is -1.51. The van der Waals surface area contributed by atoms with E-state index >= 15 is 0 Å². The van der Waals surface area contributed by atoms with Gasteiger partial charge in [0.15, 0.2) is 0 Å². The largest absolute Gasteiger partial charge is 0.399 e. The van der Waals surface area contributed by atoms with Crippen molar-refractivity contribution in [2.24, 2.45) is 5.92 Å². The topological polar surface area (TPSA) is 55.1 Å². The smallest absolute Gasteiger partial charge is 0.224 e. The zero-order valence-corrected chi connectivity index (χ0v) is 10.2. The van der Waals surface area contributed by atoms with E-state index < -0.39 is 0 Å². The van der Waals surface area contributed by atoms with Gasteiger partial charge < -0.3 is 11.1 Å². The number of benzene rings is 1. The first kappa shape index (κ1) is 12.6. The van der Waals surface area contributed by atoms with Crippen molar-refractivity contribution in [3.05, 3.63) is 23.8 Å². The molecule has 0 aliphatic rings. The van der Waals surface area contributed by atoms with Crippen LogP contribution in [0.15, 0.2) is 18.2 Å². The zero-order valence-electron chi connectivity index (χ0n) is 10.2. The Bertz CT molecular complexity index is 372. The molecule has 1 amide bonds. The number of rotatable bonds is 4. The minimum atomic E-state index is 0.0709. The highest BCUT2D eigenvalue weighted by atomic mass is 16.1. The molecule has 0 aromatic heterocycles. The molecule has 3 heteroatoms. The molecule has 0 atom stereocenters. The van der Waals surface area contributed by atoms with Crippen LogP contribution in [0.2, 0.25) is 0 Å². The number of amides is 1. The second-order valence-electron chi connectivity index (χ2n) is 4.56. The van der Waals surface area contributed by atoms with E-state index in [1.165, 1.54) is 0 Å². The maximum absolute atomic E-state index is 11.6. The van der Waals surface area contributed by atoms with Crippen LogP contribution in [-0.4, -0.2) is 5.91 Å². The minimum absolute atomic E-state index is 0.0709. The van der Waals surface area contributed by atoms with Crippen molar-refractivity contribution in [3.8, 4) is 0 Å². The van der Waals surface area contributed by atoms with Gasteiger partial charge in [0.1, 0.15) is 0 Å². The molecule has 3 nitrogen and oxygen atoms in total. The van der Waals surface area contributed by atoms with Gasteiger partial charge in [-0.15, -0.1) is 0 Å². The van der Waals surface area contributed by atoms with E-state index in [4.69, 9.17) is 5.73 Å². The molecule has 0 aliphatic heterocycles. The number of nitrogens with one attached hydrogen (secondary N) is 1. The van der Waals surface area contributed by atoms with Gasteiger partial charge in [0, 0.05) is 17.8 Å². The van der Waals surface area contributed by atoms with E-state index in [1.807, 2.05) is 19.1 Å². The first-order chi connectivity index (χ1) is 7.49. The summed E-state index contributed by atoms with van der Waals surface area (Å²) in [4.78, 5) is 11.6. The predicted octanol–water partition coefficient (Wildman–Crippen LogP) is 2.95. The van der Waals surface area contributed by atoms with Crippen LogP contribution in [0.4, 0.5) is 11.4 Å². The number of carbonyl (C=O) groups is 1. The summed E-state index contributed by atoms with van der Waals surface area (Å²) in [5.74, 6) is 0.625. The van der Waals surface area contributed by atoms with Gasteiger partial charge in [-0.05, 0) is 43.0 Å². The normalized spacial score (nSPS) is 10.5. The molecule has 88 valence electrons. The quantitative estimate of drug-likeness (QED) is 0.766. The Morgan fingerprint density at radius 1 is 1.44 bits per heavy atom. The molecule has 0 unspecified atom stereocenters. The lowest BCUT2D eigenvalue weighted by Crippen LogP contribution is -2.13. The average molecular weight is 220 g/mol. The van der Waals surface area contributed by atoms with E-state index in [1.54, 1.807) is 6.07 Å². The second kappa shape index (κ2) is 5.54. The molecule has 0 fully saturated rings. The summed E-state index contributed by atoms with van der Waals surface area (Å²) < 4.78 is 0. The summed E-state index contributed by atoms with van der Waals surface area (Å²) in [6, 6.07) is 5.50. The van der Waals surface area contributed by atoms with Crippen molar-refractivity contribution >= 4 is 17.3 Å². The van der Waals surface area contributed by atoms with Gasteiger partial charge in [-0.25, -0.2) is 0 Å². The summed E-state index contributed by atoms with van der Waals surface area (Å²) >= 11 is 0. The van der Waals surface area contributed by atoms with Gasteiger partial charge in [0.2, 0.25) is 5.91 Å². The van der Waals surface area contributed by atoms with Crippen molar-refractivity contribution in [3.63, 3.8) is 0 Å². The Balaban J connectivity index is 2.56. The highest BCUT2D eigenvalue weighted by molar-refractivity contribution is 5.91. The third kappa shape index (κ3) is 3.93. The molecule has 0 heterocycles. The highest BCUT2D eigenvalue weighted by Crippen LogP contribution is 2.18. The molecule has 3 N–H and O–H groups in total. The lowest BCUT2D eigenvalue weighted by molar-refractivity contribution is -0.116. The van der Waals surface area contributed by atoms with Crippen molar-refractivity contribution in [1.29, 1.82) is 0 Å². The molecule has 1 aromatic carbocycles. The zero-order chi connectivity index (χ0) is 12.1. The van der Waals surface area contributed by atoms with Crippen LogP contribution >= 0.6 is 0 Å². The molecule has 0 spiro atoms. The molecular formula is C13H20N2O. The molecule has 0 bridgehead atoms. The first-order valence-corrected chi connectivity index (χ1v) is 5.65. The number of nitrogen functional groups attached to an aromatic ring is 1. The second-order valence-corrected chi connectivity index (χ2v) is 4.56. The van der Waals surface area contributed by atoms with Crippen LogP contribution in [0.25, 0.3) is 0 Å². The van der Waals surface area contributed by atoms with Gasteiger partial charge >= 0.3 is 0 Å². The maximum Gasteiger partial charge on any atom is 0.224 e. The number of carbonyl (C=O) groups excluding carboxylic acids is 1. The molecule has 1 aromatic rings. The predicted molar refractivity (Wildman–Crippen MR) is 68.3 cm³/mol. The summed E-state index contributed by atoms with van der Waals surface area (Å²) in [5, 5.41) is 2.90. The van der Waals surface area contributed by atoms with Crippen LogP contribution in [0.5, 0.6) is 0 Å². The Labute approximate surface area is 97.0 Å². The summed E-state index contributed by atoms with van der Waals surface area (Å²) in [6.45, 7) is 6.16. The van der Waals surface area contributed by atoms with Crippen molar-refractivity contribution in [2.45, 2.75) is 33.6 Å². The lowest BCUT2D eigenvalue weighted by atomic mass is 10.1. The highest BCUT2D eigenvalue weighted by Gasteiger charge is 2.05. The van der Waals surface area contributed by atoms with E-state index in [0.29, 0.717) is 12.3 Å². The average Bonchev–Trinajstić information content (AvgIpc) is 2.19. The lowest BCUT2D eigenvalue weighted by Gasteiger charge is -2.09. The summed E-state index contributed by atoms with van der Waals surface area (Å²) in [6.07, 6.45) is 1.49. The number of hydrogen-bond donors (Lipinski definition) is 2. The molecule has 0 aliphatic carbocycles.